The van der Waals surface area contributed by atoms with Gasteiger partial charge in [0.05, 0.1) is 11.5 Å². The first-order chi connectivity index (χ1) is 7.76. The van der Waals surface area contributed by atoms with Crippen molar-refractivity contribution in [3.63, 3.8) is 0 Å². The molecule has 1 aliphatic heterocycles. The van der Waals surface area contributed by atoms with Gasteiger partial charge in [0, 0.05) is 6.54 Å². The van der Waals surface area contributed by atoms with E-state index in [-0.39, 0.29) is 18.7 Å². The number of carboxylic acids is 1. The minimum Gasteiger partial charge on any atom is -0.481 e. The molecular formula is C11H17NO5. The molecule has 0 amide bonds. The molecule has 0 aliphatic carbocycles. The molecule has 0 unspecified atom stereocenters. The van der Waals surface area contributed by atoms with Gasteiger partial charge >= 0.3 is 5.97 Å². The summed E-state index contributed by atoms with van der Waals surface area (Å²) in [7, 11) is 0. The molecule has 0 radical (unpaired) electrons. The van der Waals surface area contributed by atoms with Crippen molar-refractivity contribution in [2.75, 3.05) is 6.54 Å². The van der Waals surface area contributed by atoms with Crippen LogP contribution in [0.25, 0.3) is 0 Å². The second-order valence-electron chi connectivity index (χ2n) is 4.97. The molecule has 0 saturated carbocycles. The topological polar surface area (TPSA) is 87.1 Å². The van der Waals surface area contributed by atoms with Crippen molar-refractivity contribution >= 4 is 11.9 Å². The van der Waals surface area contributed by atoms with E-state index in [2.05, 4.69) is 0 Å². The molecule has 0 spiro atoms. The zero-order chi connectivity index (χ0) is 13.2. The van der Waals surface area contributed by atoms with Gasteiger partial charge in [-0.1, -0.05) is 0 Å². The van der Waals surface area contributed by atoms with Crippen molar-refractivity contribution in [3.05, 3.63) is 5.70 Å². The van der Waals surface area contributed by atoms with Crippen LogP contribution in [0.2, 0.25) is 0 Å². The van der Waals surface area contributed by atoms with Crippen molar-refractivity contribution in [3.8, 4) is 0 Å². The van der Waals surface area contributed by atoms with E-state index in [4.69, 9.17) is 9.94 Å². The van der Waals surface area contributed by atoms with E-state index in [0.717, 1.165) is 0 Å². The molecule has 1 rings (SSSR count). The first kappa shape index (κ1) is 13.7. The monoisotopic (exact) mass is 243 g/mol. The fourth-order valence-electron chi connectivity index (χ4n) is 1.67. The lowest BCUT2D eigenvalue weighted by atomic mass is 9.93. The Kier molecular flexibility index (Phi) is 3.93. The number of aliphatic hydroxyl groups is 1. The number of piperidine rings is 1. The summed E-state index contributed by atoms with van der Waals surface area (Å²) in [6.45, 7) is 5.64. The van der Waals surface area contributed by atoms with Gasteiger partial charge in [0.15, 0.2) is 11.6 Å². The Morgan fingerprint density at radius 3 is 2.53 bits per heavy atom. The summed E-state index contributed by atoms with van der Waals surface area (Å²) in [5.74, 6) is -0.539. The third-order valence-corrected chi connectivity index (χ3v) is 2.38. The Labute approximate surface area is 99.4 Å². The number of carbonyl (C=O) groups excluding carboxylic acids is 1. The number of rotatable bonds is 2. The maximum absolute atomic E-state index is 10.9. The van der Waals surface area contributed by atoms with Crippen molar-refractivity contribution in [2.45, 2.75) is 38.9 Å². The molecule has 17 heavy (non-hydrogen) atoms. The van der Waals surface area contributed by atoms with Gasteiger partial charge in [-0.2, -0.15) is 0 Å². The van der Waals surface area contributed by atoms with E-state index in [1.807, 2.05) is 0 Å². The van der Waals surface area contributed by atoms with Crippen LogP contribution in [0.4, 0.5) is 0 Å². The van der Waals surface area contributed by atoms with Crippen LogP contribution in [-0.4, -0.2) is 45.4 Å². The van der Waals surface area contributed by atoms with E-state index in [1.165, 1.54) is 5.06 Å². The largest absolute Gasteiger partial charge is 0.481 e. The van der Waals surface area contributed by atoms with Crippen LogP contribution in [0.1, 0.15) is 27.2 Å². The molecular weight excluding hydrogens is 226 g/mol. The van der Waals surface area contributed by atoms with E-state index in [0.29, 0.717) is 0 Å². The average Bonchev–Trinajstić information content (AvgIpc) is 2.15. The molecule has 0 aromatic rings. The average molecular weight is 243 g/mol. The van der Waals surface area contributed by atoms with Gasteiger partial charge in [-0.05, 0) is 27.2 Å². The Bertz CT molecular complexity index is 353. The van der Waals surface area contributed by atoms with E-state index >= 15 is 0 Å². The third-order valence-electron chi connectivity index (χ3n) is 2.38. The van der Waals surface area contributed by atoms with E-state index < -0.39 is 23.6 Å². The highest BCUT2D eigenvalue weighted by atomic mass is 16.7. The maximum atomic E-state index is 10.9. The molecule has 0 aromatic carbocycles. The SMILES string of the molecule is CC(C)(C)ON1CC[C@@H](C(=O)O)[C@H](O)C1=C=O. The molecule has 6 heteroatoms. The molecule has 1 heterocycles. The second-order valence-corrected chi connectivity index (χ2v) is 4.97. The number of carboxylic acid groups (broad SMARTS) is 1. The van der Waals surface area contributed by atoms with Crippen molar-refractivity contribution in [2.24, 2.45) is 5.92 Å². The number of aliphatic hydroxyl groups excluding tert-OH is 1. The molecule has 96 valence electrons. The molecule has 2 N–H and O–H groups in total. The van der Waals surface area contributed by atoms with Gasteiger partial charge < -0.3 is 10.2 Å². The van der Waals surface area contributed by atoms with Crippen molar-refractivity contribution in [1.82, 2.24) is 5.06 Å². The smallest absolute Gasteiger partial charge is 0.309 e. The summed E-state index contributed by atoms with van der Waals surface area (Å²) in [6, 6.07) is 0. The molecule has 1 saturated heterocycles. The van der Waals surface area contributed by atoms with Crippen LogP contribution in [0.5, 0.6) is 0 Å². The summed E-state index contributed by atoms with van der Waals surface area (Å²) in [5.41, 5.74) is -0.684. The Morgan fingerprint density at radius 1 is 1.53 bits per heavy atom. The Balaban J connectivity index is 2.87. The van der Waals surface area contributed by atoms with Crippen LogP contribution in [0, 0.1) is 5.92 Å². The summed E-state index contributed by atoms with van der Waals surface area (Å²) < 4.78 is 0. The van der Waals surface area contributed by atoms with Crippen LogP contribution in [-0.2, 0) is 14.4 Å². The van der Waals surface area contributed by atoms with Gasteiger partial charge in [0.2, 0.25) is 0 Å². The highest BCUT2D eigenvalue weighted by Crippen LogP contribution is 2.27. The van der Waals surface area contributed by atoms with E-state index in [1.54, 1.807) is 26.7 Å². The molecule has 2 atom stereocenters. The summed E-state index contributed by atoms with van der Waals surface area (Å²) in [5, 5.41) is 19.9. The van der Waals surface area contributed by atoms with Crippen LogP contribution >= 0.6 is 0 Å². The summed E-state index contributed by atoms with van der Waals surface area (Å²) >= 11 is 0. The van der Waals surface area contributed by atoms with Crippen molar-refractivity contribution in [1.29, 1.82) is 0 Å². The highest BCUT2D eigenvalue weighted by Gasteiger charge is 2.39. The number of carbonyl (C=O) groups is 1. The minimum absolute atomic E-state index is 0.154. The highest BCUT2D eigenvalue weighted by molar-refractivity contribution is 5.72. The fraction of sp³-hybridized carbons (Fsp3) is 0.727. The standard InChI is InChI=1S/C11H17NO5/c1-11(2,3)17-12-5-4-7(10(15)16)9(14)8(12)6-13/h7,9,14H,4-5H2,1-3H3,(H,15,16)/t7-,9+/m1/s1. The van der Waals surface area contributed by atoms with Gasteiger partial charge in [-0.15, -0.1) is 0 Å². The van der Waals surface area contributed by atoms with Crippen LogP contribution < -0.4 is 0 Å². The number of nitrogens with zero attached hydrogens (tertiary/aromatic N) is 1. The first-order valence-electron chi connectivity index (χ1n) is 5.39. The minimum atomic E-state index is -1.37. The number of hydroxylamine groups is 2. The van der Waals surface area contributed by atoms with Crippen LogP contribution in [0.15, 0.2) is 5.70 Å². The lowest BCUT2D eigenvalue weighted by molar-refractivity contribution is -0.226. The maximum Gasteiger partial charge on any atom is 0.309 e. The normalized spacial score (nSPS) is 25.6. The molecule has 6 nitrogen and oxygen atoms in total. The fourth-order valence-corrected chi connectivity index (χ4v) is 1.67. The van der Waals surface area contributed by atoms with Crippen molar-refractivity contribution < 1.29 is 24.6 Å². The van der Waals surface area contributed by atoms with Gasteiger partial charge in [-0.25, -0.2) is 9.86 Å². The van der Waals surface area contributed by atoms with Crippen LogP contribution in [0.3, 0.4) is 0 Å². The predicted molar refractivity (Wildman–Crippen MR) is 58.5 cm³/mol. The summed E-state index contributed by atoms with van der Waals surface area (Å²) in [6.07, 6.45) is -1.15. The zero-order valence-electron chi connectivity index (χ0n) is 10.1. The molecule has 1 aliphatic rings. The lowest BCUT2D eigenvalue weighted by Crippen LogP contribution is -2.47. The number of hydrogen-bond acceptors (Lipinski definition) is 5. The van der Waals surface area contributed by atoms with Gasteiger partial charge in [-0.3, -0.25) is 9.63 Å². The molecule has 0 bridgehead atoms. The Hall–Kier alpha value is -1.36. The first-order valence-corrected chi connectivity index (χ1v) is 5.39. The molecule has 1 fully saturated rings. The predicted octanol–water partition coefficient (Wildman–Crippen LogP) is 0.199. The lowest BCUT2D eigenvalue weighted by Gasteiger charge is -2.38. The third kappa shape index (κ3) is 3.30. The number of aliphatic carboxylic acids is 1. The van der Waals surface area contributed by atoms with Gasteiger partial charge in [0.1, 0.15) is 6.10 Å². The summed E-state index contributed by atoms with van der Waals surface area (Å²) in [4.78, 5) is 27.1. The number of hydrogen-bond donors (Lipinski definition) is 2. The quantitative estimate of drug-likeness (QED) is 0.674. The Morgan fingerprint density at radius 2 is 2.12 bits per heavy atom. The van der Waals surface area contributed by atoms with Gasteiger partial charge in [0.25, 0.3) is 0 Å². The second kappa shape index (κ2) is 4.87. The molecule has 0 aromatic heterocycles. The van der Waals surface area contributed by atoms with E-state index in [9.17, 15) is 14.7 Å². The zero-order valence-corrected chi connectivity index (χ0v) is 10.1.